The third kappa shape index (κ3) is 3.21. The van der Waals surface area contributed by atoms with E-state index in [1.54, 1.807) is 0 Å². The molecule has 1 aromatic carbocycles. The zero-order valence-corrected chi connectivity index (χ0v) is 10.3. The van der Waals surface area contributed by atoms with Crippen molar-refractivity contribution in [3.63, 3.8) is 0 Å². The average Bonchev–Trinajstić information content (AvgIpc) is 2.78. The first-order valence-electron chi connectivity index (χ1n) is 4.77. The highest BCUT2D eigenvalue weighted by Gasteiger charge is 2.13. The summed E-state index contributed by atoms with van der Waals surface area (Å²) in [5, 5.41) is 0. The zero-order valence-electron chi connectivity index (χ0n) is 8.64. The van der Waals surface area contributed by atoms with Crippen molar-refractivity contribution >= 4 is 23.3 Å². The molecular formula is C10H9F2N3S2. The molecule has 2 aromatic rings. The molecule has 90 valence electrons. The molecule has 0 aliphatic heterocycles. The molecule has 0 aliphatic rings. The molecule has 0 spiro atoms. The Labute approximate surface area is 105 Å². The lowest BCUT2D eigenvalue weighted by Crippen LogP contribution is -2.14. The van der Waals surface area contributed by atoms with E-state index in [0.29, 0.717) is 11.3 Å². The molecule has 17 heavy (non-hydrogen) atoms. The van der Waals surface area contributed by atoms with Gasteiger partial charge in [-0.3, -0.25) is 0 Å². The lowest BCUT2D eigenvalue weighted by molar-refractivity contribution is 0.563. The monoisotopic (exact) mass is 273 g/mol. The van der Waals surface area contributed by atoms with Crippen LogP contribution in [-0.2, 0) is 0 Å². The van der Waals surface area contributed by atoms with Crippen molar-refractivity contribution < 1.29 is 8.78 Å². The van der Waals surface area contributed by atoms with E-state index in [4.69, 9.17) is 5.73 Å². The van der Waals surface area contributed by atoms with Gasteiger partial charge in [0, 0.05) is 23.4 Å². The molecule has 1 aromatic heterocycles. The zero-order chi connectivity index (χ0) is 12.3. The van der Waals surface area contributed by atoms with Gasteiger partial charge in [0.25, 0.3) is 0 Å². The Bertz CT molecular complexity index is 490. The summed E-state index contributed by atoms with van der Waals surface area (Å²) in [5.74, 6) is -0.747. The van der Waals surface area contributed by atoms with Crippen LogP contribution >= 0.6 is 23.3 Å². The highest BCUT2D eigenvalue weighted by Crippen LogP contribution is 2.25. The highest BCUT2D eigenvalue weighted by atomic mass is 32.2. The number of thioether (sulfide) groups is 1. The lowest BCUT2D eigenvalue weighted by atomic mass is 10.1. The van der Waals surface area contributed by atoms with Gasteiger partial charge in [0.1, 0.15) is 18.0 Å². The standard InChI is InChI=1S/C10H9F2N3S2/c11-6-1-2-7(8(12)3-6)9(13)4-16-10-14-5-15-17-10/h1-3,5,9H,4,13H2. The molecule has 2 N–H and O–H groups in total. The van der Waals surface area contributed by atoms with Crippen LogP contribution in [0.1, 0.15) is 11.6 Å². The SMILES string of the molecule is NC(CSc1ncns1)c1ccc(F)cc1F. The first kappa shape index (κ1) is 12.4. The van der Waals surface area contributed by atoms with Gasteiger partial charge >= 0.3 is 0 Å². The summed E-state index contributed by atoms with van der Waals surface area (Å²) in [7, 11) is 0. The number of nitrogens with zero attached hydrogens (tertiary/aromatic N) is 2. The summed E-state index contributed by atoms with van der Waals surface area (Å²) in [5.41, 5.74) is 6.14. The van der Waals surface area contributed by atoms with Gasteiger partial charge in [-0.05, 0) is 17.6 Å². The van der Waals surface area contributed by atoms with Gasteiger partial charge in [-0.25, -0.2) is 13.8 Å². The van der Waals surface area contributed by atoms with Crippen molar-refractivity contribution in [2.45, 2.75) is 10.4 Å². The Kier molecular flexibility index (Phi) is 4.03. The third-order valence-electron chi connectivity index (χ3n) is 2.09. The predicted molar refractivity (Wildman–Crippen MR) is 63.9 cm³/mol. The van der Waals surface area contributed by atoms with Crippen LogP contribution < -0.4 is 5.73 Å². The summed E-state index contributed by atoms with van der Waals surface area (Å²) >= 11 is 2.66. The number of hydrogen-bond acceptors (Lipinski definition) is 5. The van der Waals surface area contributed by atoms with E-state index in [9.17, 15) is 8.78 Å². The number of hydrogen-bond donors (Lipinski definition) is 1. The van der Waals surface area contributed by atoms with Crippen LogP contribution in [0.4, 0.5) is 8.78 Å². The summed E-state index contributed by atoms with van der Waals surface area (Å²) in [4.78, 5) is 3.98. The molecule has 1 unspecified atom stereocenters. The normalized spacial score (nSPS) is 12.6. The van der Waals surface area contributed by atoms with Gasteiger partial charge in [-0.15, -0.1) is 0 Å². The van der Waals surface area contributed by atoms with Crippen molar-refractivity contribution in [2.24, 2.45) is 5.73 Å². The molecule has 1 atom stereocenters. The number of aromatic nitrogens is 2. The van der Waals surface area contributed by atoms with Crippen molar-refractivity contribution in [1.29, 1.82) is 0 Å². The fourth-order valence-electron chi connectivity index (χ4n) is 1.28. The summed E-state index contributed by atoms with van der Waals surface area (Å²) in [6.45, 7) is 0. The molecule has 0 saturated heterocycles. The number of benzene rings is 1. The Balaban J connectivity index is 2.01. The van der Waals surface area contributed by atoms with Crippen molar-refractivity contribution in [3.05, 3.63) is 41.7 Å². The molecule has 0 bridgehead atoms. The summed E-state index contributed by atoms with van der Waals surface area (Å²) in [6.07, 6.45) is 1.46. The van der Waals surface area contributed by atoms with Gasteiger partial charge in [-0.2, -0.15) is 4.37 Å². The highest BCUT2D eigenvalue weighted by molar-refractivity contribution is 8.00. The van der Waals surface area contributed by atoms with E-state index in [1.807, 2.05) is 0 Å². The predicted octanol–water partition coefficient (Wildman–Crippen LogP) is 2.61. The number of nitrogens with two attached hydrogens (primary N) is 1. The van der Waals surface area contributed by atoms with Crippen LogP contribution in [0, 0.1) is 11.6 Å². The second kappa shape index (κ2) is 5.52. The average molecular weight is 273 g/mol. The summed E-state index contributed by atoms with van der Waals surface area (Å²) < 4.78 is 30.8. The molecule has 0 radical (unpaired) electrons. The van der Waals surface area contributed by atoms with Crippen LogP contribution in [0.25, 0.3) is 0 Å². The lowest BCUT2D eigenvalue weighted by Gasteiger charge is -2.11. The molecule has 0 amide bonds. The second-order valence-corrected chi connectivity index (χ2v) is 5.34. The molecule has 2 rings (SSSR count). The molecule has 7 heteroatoms. The van der Waals surface area contributed by atoms with Crippen LogP contribution in [0.2, 0.25) is 0 Å². The maximum atomic E-state index is 13.4. The van der Waals surface area contributed by atoms with Gasteiger partial charge in [-0.1, -0.05) is 17.8 Å². The van der Waals surface area contributed by atoms with E-state index in [2.05, 4.69) is 9.36 Å². The quantitative estimate of drug-likeness (QED) is 0.870. The minimum atomic E-state index is -0.615. The van der Waals surface area contributed by atoms with E-state index < -0.39 is 17.7 Å². The maximum Gasteiger partial charge on any atom is 0.169 e. The number of rotatable bonds is 4. The second-order valence-electron chi connectivity index (χ2n) is 3.29. The van der Waals surface area contributed by atoms with Crippen molar-refractivity contribution in [3.8, 4) is 0 Å². The molecule has 1 heterocycles. The van der Waals surface area contributed by atoms with Crippen molar-refractivity contribution in [1.82, 2.24) is 9.36 Å². The fraction of sp³-hybridized carbons (Fsp3) is 0.200. The van der Waals surface area contributed by atoms with Gasteiger partial charge in [0.2, 0.25) is 0 Å². The first-order chi connectivity index (χ1) is 8.16. The molecule has 0 fully saturated rings. The van der Waals surface area contributed by atoms with E-state index in [1.165, 1.54) is 41.8 Å². The summed E-state index contributed by atoms with van der Waals surface area (Å²) in [6, 6.07) is 2.92. The Morgan fingerprint density at radius 1 is 1.41 bits per heavy atom. The molecule has 0 saturated carbocycles. The van der Waals surface area contributed by atoms with Crippen molar-refractivity contribution in [2.75, 3.05) is 5.75 Å². The van der Waals surface area contributed by atoms with E-state index in [0.717, 1.165) is 10.4 Å². The third-order valence-corrected chi connectivity index (χ3v) is 4.01. The molecule has 3 nitrogen and oxygen atoms in total. The van der Waals surface area contributed by atoms with Crippen LogP contribution in [0.15, 0.2) is 28.9 Å². The maximum absolute atomic E-state index is 13.4. The van der Waals surface area contributed by atoms with E-state index in [-0.39, 0.29) is 0 Å². The molecular weight excluding hydrogens is 264 g/mol. The largest absolute Gasteiger partial charge is 0.323 e. The topological polar surface area (TPSA) is 51.8 Å². The molecule has 0 aliphatic carbocycles. The minimum Gasteiger partial charge on any atom is -0.323 e. The van der Waals surface area contributed by atoms with E-state index >= 15 is 0 Å². The Morgan fingerprint density at radius 3 is 2.88 bits per heavy atom. The Morgan fingerprint density at radius 2 is 2.24 bits per heavy atom. The van der Waals surface area contributed by atoms with Gasteiger partial charge in [0.15, 0.2) is 4.34 Å². The minimum absolute atomic E-state index is 0.309. The number of halogens is 2. The van der Waals surface area contributed by atoms with Crippen LogP contribution in [0.5, 0.6) is 0 Å². The first-order valence-corrected chi connectivity index (χ1v) is 6.52. The van der Waals surface area contributed by atoms with Crippen LogP contribution in [0.3, 0.4) is 0 Å². The fourth-order valence-corrected chi connectivity index (χ4v) is 2.73. The van der Waals surface area contributed by atoms with Crippen LogP contribution in [-0.4, -0.2) is 15.1 Å². The smallest absolute Gasteiger partial charge is 0.169 e. The Hall–Kier alpha value is -1.05. The van der Waals surface area contributed by atoms with Gasteiger partial charge in [0.05, 0.1) is 0 Å². The van der Waals surface area contributed by atoms with Gasteiger partial charge < -0.3 is 5.73 Å².